The summed E-state index contributed by atoms with van der Waals surface area (Å²) in [6, 6.07) is 17.6. The molecule has 0 aliphatic carbocycles. The fourth-order valence-corrected chi connectivity index (χ4v) is 4.68. The van der Waals surface area contributed by atoms with Gasteiger partial charge in [-0.05, 0) is 49.7 Å². The van der Waals surface area contributed by atoms with Gasteiger partial charge in [0.15, 0.2) is 0 Å². The third-order valence-electron chi connectivity index (χ3n) is 3.13. The predicted molar refractivity (Wildman–Crippen MR) is 79.1 cm³/mol. The van der Waals surface area contributed by atoms with Gasteiger partial charge in [-0.1, -0.05) is 55.5 Å². The highest BCUT2D eigenvalue weighted by atomic mass is 31.1. The minimum Gasteiger partial charge on any atom is -0.0620 e. The van der Waals surface area contributed by atoms with Crippen LogP contribution in [0.2, 0.25) is 0 Å². The van der Waals surface area contributed by atoms with Crippen LogP contribution in [0.3, 0.4) is 0 Å². The van der Waals surface area contributed by atoms with Crippen molar-refractivity contribution >= 4 is 18.5 Å². The van der Waals surface area contributed by atoms with Gasteiger partial charge in [0.25, 0.3) is 0 Å². The van der Waals surface area contributed by atoms with Crippen LogP contribution in [0.4, 0.5) is 0 Å². The summed E-state index contributed by atoms with van der Waals surface area (Å²) in [7, 11) is -0.190. The minimum atomic E-state index is -0.190. The summed E-state index contributed by atoms with van der Waals surface area (Å²) in [5, 5.41) is 3.05. The first-order valence-electron chi connectivity index (χ1n) is 6.13. The van der Waals surface area contributed by atoms with Gasteiger partial charge >= 0.3 is 0 Å². The molecule has 0 atom stereocenters. The molecule has 0 amide bonds. The van der Waals surface area contributed by atoms with Gasteiger partial charge in [-0.25, -0.2) is 0 Å². The lowest BCUT2D eigenvalue weighted by Gasteiger charge is -2.20. The van der Waals surface area contributed by atoms with Crippen molar-refractivity contribution in [3.8, 4) is 0 Å². The van der Waals surface area contributed by atoms with Crippen molar-refractivity contribution < 1.29 is 0 Å². The van der Waals surface area contributed by atoms with E-state index in [0.717, 1.165) is 0 Å². The second-order valence-corrected chi connectivity index (χ2v) is 6.77. The van der Waals surface area contributed by atoms with Gasteiger partial charge in [0, 0.05) is 0 Å². The van der Waals surface area contributed by atoms with Crippen LogP contribution in [0, 0.1) is 13.8 Å². The van der Waals surface area contributed by atoms with Crippen LogP contribution in [0.15, 0.2) is 48.5 Å². The SMILES string of the molecule is CCP(c1ccccc1C)c1ccccc1C. The Kier molecular flexibility index (Phi) is 3.97. The summed E-state index contributed by atoms with van der Waals surface area (Å²) in [5.74, 6) is 0. The Morgan fingerprint density at radius 2 is 1.18 bits per heavy atom. The maximum Gasteiger partial charge on any atom is -0.0166 e. The molecule has 0 nitrogen and oxygen atoms in total. The van der Waals surface area contributed by atoms with Crippen molar-refractivity contribution in [3.63, 3.8) is 0 Å². The molecule has 1 heteroatoms. The van der Waals surface area contributed by atoms with E-state index in [1.54, 1.807) is 0 Å². The molecule has 0 fully saturated rings. The summed E-state index contributed by atoms with van der Waals surface area (Å²) < 4.78 is 0. The van der Waals surface area contributed by atoms with Crippen molar-refractivity contribution in [1.82, 2.24) is 0 Å². The molecule has 2 aromatic carbocycles. The average molecular weight is 242 g/mol. The second kappa shape index (κ2) is 5.47. The van der Waals surface area contributed by atoms with Crippen molar-refractivity contribution in [2.24, 2.45) is 0 Å². The van der Waals surface area contributed by atoms with Gasteiger partial charge in [0.1, 0.15) is 0 Å². The van der Waals surface area contributed by atoms with Gasteiger partial charge < -0.3 is 0 Å². The molecule has 0 saturated carbocycles. The van der Waals surface area contributed by atoms with Crippen molar-refractivity contribution in [2.75, 3.05) is 6.16 Å². The topological polar surface area (TPSA) is 0 Å². The highest BCUT2D eigenvalue weighted by Crippen LogP contribution is 2.35. The van der Waals surface area contributed by atoms with Crippen LogP contribution >= 0.6 is 7.92 Å². The third-order valence-corrected chi connectivity index (χ3v) is 5.93. The number of rotatable bonds is 3. The summed E-state index contributed by atoms with van der Waals surface area (Å²) in [6.07, 6.45) is 1.21. The van der Waals surface area contributed by atoms with Gasteiger partial charge in [0.2, 0.25) is 0 Å². The molecule has 2 aromatic rings. The first-order valence-corrected chi connectivity index (χ1v) is 7.65. The van der Waals surface area contributed by atoms with Gasteiger partial charge in [0.05, 0.1) is 0 Å². The molecule has 0 saturated heterocycles. The fourth-order valence-electron chi connectivity index (χ4n) is 2.20. The molecule has 0 radical (unpaired) electrons. The zero-order valence-electron chi connectivity index (χ0n) is 10.8. The predicted octanol–water partition coefficient (Wildman–Crippen LogP) is 3.76. The van der Waals surface area contributed by atoms with Crippen molar-refractivity contribution in [3.05, 3.63) is 59.7 Å². The smallest absolute Gasteiger partial charge is 0.0166 e. The van der Waals surface area contributed by atoms with E-state index in [1.165, 1.54) is 27.9 Å². The van der Waals surface area contributed by atoms with E-state index >= 15 is 0 Å². The summed E-state index contributed by atoms with van der Waals surface area (Å²) in [4.78, 5) is 0. The van der Waals surface area contributed by atoms with Gasteiger partial charge in [-0.15, -0.1) is 0 Å². The number of benzene rings is 2. The van der Waals surface area contributed by atoms with E-state index in [4.69, 9.17) is 0 Å². The van der Waals surface area contributed by atoms with Crippen LogP contribution in [-0.4, -0.2) is 6.16 Å². The zero-order valence-corrected chi connectivity index (χ0v) is 11.7. The molecule has 0 aliphatic rings. The van der Waals surface area contributed by atoms with Gasteiger partial charge in [-0.2, -0.15) is 0 Å². The van der Waals surface area contributed by atoms with Crippen LogP contribution < -0.4 is 10.6 Å². The first-order chi connectivity index (χ1) is 8.24. The van der Waals surface area contributed by atoms with E-state index in [0.29, 0.717) is 0 Å². The van der Waals surface area contributed by atoms with Gasteiger partial charge in [-0.3, -0.25) is 0 Å². The Morgan fingerprint density at radius 3 is 1.53 bits per heavy atom. The lowest BCUT2D eigenvalue weighted by Crippen LogP contribution is -2.17. The zero-order chi connectivity index (χ0) is 12.3. The third kappa shape index (κ3) is 2.58. The van der Waals surface area contributed by atoms with Crippen LogP contribution in [0.1, 0.15) is 18.1 Å². The van der Waals surface area contributed by atoms with E-state index in [9.17, 15) is 0 Å². The monoisotopic (exact) mass is 242 g/mol. The molecule has 0 bridgehead atoms. The second-order valence-electron chi connectivity index (χ2n) is 4.32. The molecule has 0 N–H and O–H groups in total. The average Bonchev–Trinajstić information content (AvgIpc) is 2.34. The van der Waals surface area contributed by atoms with Crippen molar-refractivity contribution in [2.45, 2.75) is 20.8 Å². The van der Waals surface area contributed by atoms with E-state index in [-0.39, 0.29) is 7.92 Å². The Morgan fingerprint density at radius 1 is 0.765 bits per heavy atom. The molecular weight excluding hydrogens is 223 g/mol. The highest BCUT2D eigenvalue weighted by Gasteiger charge is 2.14. The van der Waals surface area contributed by atoms with Crippen molar-refractivity contribution in [1.29, 1.82) is 0 Å². The highest BCUT2D eigenvalue weighted by molar-refractivity contribution is 7.73. The Labute approximate surface area is 105 Å². The standard InChI is InChI=1S/C16H19P/c1-4-17(15-11-7-5-9-13(15)2)16-12-8-6-10-14(16)3/h5-12H,4H2,1-3H3. The number of hydrogen-bond donors (Lipinski definition) is 0. The molecule has 0 spiro atoms. The maximum absolute atomic E-state index is 2.30. The Bertz CT molecular complexity index is 457. The normalized spacial score (nSPS) is 10.8. The summed E-state index contributed by atoms with van der Waals surface area (Å²) >= 11 is 0. The Hall–Kier alpha value is -1.13. The molecule has 0 aromatic heterocycles. The number of aryl methyl sites for hydroxylation is 2. The molecule has 88 valence electrons. The van der Waals surface area contributed by atoms with Crippen LogP contribution in [0.5, 0.6) is 0 Å². The summed E-state index contributed by atoms with van der Waals surface area (Å²) in [5.41, 5.74) is 2.84. The molecule has 0 unspecified atom stereocenters. The molecule has 2 rings (SSSR count). The Balaban J connectivity index is 2.48. The lowest BCUT2D eigenvalue weighted by atomic mass is 10.2. The lowest BCUT2D eigenvalue weighted by molar-refractivity contribution is 1.46. The first kappa shape index (κ1) is 12.3. The quantitative estimate of drug-likeness (QED) is 0.719. The van der Waals surface area contributed by atoms with E-state index in [1.807, 2.05) is 0 Å². The minimum absolute atomic E-state index is 0.190. The van der Waals surface area contributed by atoms with Crippen LogP contribution in [0.25, 0.3) is 0 Å². The molecule has 0 aliphatic heterocycles. The summed E-state index contributed by atoms with van der Waals surface area (Å²) in [6.45, 7) is 6.74. The van der Waals surface area contributed by atoms with E-state index in [2.05, 4.69) is 69.3 Å². The molecule has 17 heavy (non-hydrogen) atoms. The molecule has 0 heterocycles. The molecular formula is C16H19P. The van der Waals surface area contributed by atoms with Crippen LogP contribution in [-0.2, 0) is 0 Å². The number of hydrogen-bond acceptors (Lipinski definition) is 0. The maximum atomic E-state index is 2.30. The fraction of sp³-hybridized carbons (Fsp3) is 0.250. The van der Waals surface area contributed by atoms with E-state index < -0.39 is 0 Å². The largest absolute Gasteiger partial charge is 0.0620 e.